The molecule has 0 radical (unpaired) electrons. The number of nitrogens with one attached hydrogen (secondary N) is 1. The number of hydrogen-bond donors (Lipinski definition) is 1. The van der Waals surface area contributed by atoms with E-state index in [2.05, 4.69) is 10.1 Å². The first-order chi connectivity index (χ1) is 8.62. The molecule has 0 fully saturated rings. The van der Waals surface area contributed by atoms with Gasteiger partial charge in [0.15, 0.2) is 0 Å². The second-order valence-corrected chi connectivity index (χ2v) is 3.52. The lowest BCUT2D eigenvalue weighted by Crippen LogP contribution is -2.01. The Labute approximate surface area is 109 Å². The number of methoxy groups -OCH3 is 1. The number of anilines is 1. The third-order valence-corrected chi connectivity index (χ3v) is 2.32. The minimum absolute atomic E-state index is 0.0805. The van der Waals surface area contributed by atoms with Gasteiger partial charge in [-0.1, -0.05) is 11.6 Å². The van der Waals surface area contributed by atoms with Gasteiger partial charge in [0.1, 0.15) is 17.7 Å². The van der Waals surface area contributed by atoms with Crippen LogP contribution in [0.15, 0.2) is 30.0 Å². The number of benzene rings is 1. The largest absolute Gasteiger partial charge is 0.465 e. The Morgan fingerprint density at radius 3 is 2.61 bits per heavy atom. The minimum Gasteiger partial charge on any atom is -0.465 e. The molecule has 0 saturated carbocycles. The van der Waals surface area contributed by atoms with Gasteiger partial charge in [-0.3, -0.25) is 0 Å². The molecule has 0 aliphatic heterocycles. The maximum atomic E-state index is 11.2. The average molecular weight is 262 g/mol. The van der Waals surface area contributed by atoms with Gasteiger partial charge in [-0.25, -0.2) is 4.79 Å². The van der Waals surface area contributed by atoms with Gasteiger partial charge < -0.3 is 10.1 Å². The van der Waals surface area contributed by atoms with Crippen LogP contribution in [-0.2, 0) is 4.74 Å². The van der Waals surface area contributed by atoms with Crippen molar-refractivity contribution in [3.8, 4) is 12.1 Å². The van der Waals surface area contributed by atoms with Crippen molar-refractivity contribution in [1.82, 2.24) is 0 Å². The number of allylic oxidation sites excluding steroid dienone is 1. The zero-order chi connectivity index (χ0) is 13.5. The van der Waals surface area contributed by atoms with Crippen LogP contribution in [0.25, 0.3) is 0 Å². The Morgan fingerprint density at radius 1 is 1.44 bits per heavy atom. The van der Waals surface area contributed by atoms with Crippen molar-refractivity contribution < 1.29 is 9.53 Å². The summed E-state index contributed by atoms with van der Waals surface area (Å²) in [5.41, 5.74) is 0.716. The number of hydrogen-bond acceptors (Lipinski definition) is 5. The van der Waals surface area contributed by atoms with Crippen molar-refractivity contribution in [3.05, 3.63) is 40.6 Å². The van der Waals surface area contributed by atoms with Gasteiger partial charge in [0, 0.05) is 6.20 Å². The van der Waals surface area contributed by atoms with Crippen LogP contribution < -0.4 is 5.32 Å². The van der Waals surface area contributed by atoms with Crippen LogP contribution in [0.1, 0.15) is 10.4 Å². The number of nitrogens with zero attached hydrogens (tertiary/aromatic N) is 2. The molecule has 0 aliphatic carbocycles. The molecule has 90 valence electrons. The molecule has 18 heavy (non-hydrogen) atoms. The topological polar surface area (TPSA) is 85.9 Å². The second kappa shape index (κ2) is 6.29. The summed E-state index contributed by atoms with van der Waals surface area (Å²) in [7, 11) is 1.28. The van der Waals surface area contributed by atoms with Gasteiger partial charge >= 0.3 is 5.97 Å². The number of halogens is 1. The first kappa shape index (κ1) is 13.6. The molecule has 0 amide bonds. The van der Waals surface area contributed by atoms with Crippen molar-refractivity contribution in [2.24, 2.45) is 0 Å². The van der Waals surface area contributed by atoms with Crippen molar-refractivity contribution in [3.63, 3.8) is 0 Å². The highest BCUT2D eigenvalue weighted by molar-refractivity contribution is 6.33. The zero-order valence-corrected chi connectivity index (χ0v) is 10.2. The van der Waals surface area contributed by atoms with Crippen LogP contribution in [0.2, 0.25) is 5.02 Å². The van der Waals surface area contributed by atoms with Gasteiger partial charge in [-0.2, -0.15) is 10.5 Å². The zero-order valence-electron chi connectivity index (χ0n) is 9.40. The van der Waals surface area contributed by atoms with Crippen molar-refractivity contribution in [2.75, 3.05) is 12.4 Å². The molecule has 0 aromatic heterocycles. The lowest BCUT2D eigenvalue weighted by Gasteiger charge is -2.05. The van der Waals surface area contributed by atoms with E-state index in [9.17, 15) is 4.79 Å². The summed E-state index contributed by atoms with van der Waals surface area (Å²) in [6, 6.07) is 7.91. The fourth-order valence-corrected chi connectivity index (χ4v) is 1.35. The highest BCUT2D eigenvalue weighted by Gasteiger charge is 2.08. The Balaban J connectivity index is 2.95. The summed E-state index contributed by atoms with van der Waals surface area (Å²) in [6.07, 6.45) is 1.24. The molecule has 0 aliphatic rings. The molecule has 0 saturated heterocycles. The quantitative estimate of drug-likeness (QED) is 0.667. The third-order valence-electron chi connectivity index (χ3n) is 2.00. The molecular formula is C12H8ClN3O2. The SMILES string of the molecule is COC(=O)c1ccc(NC=C(C#N)C#N)c(Cl)c1. The Bertz CT molecular complexity index is 566. The predicted molar refractivity (Wildman–Crippen MR) is 65.7 cm³/mol. The third kappa shape index (κ3) is 3.24. The molecule has 0 unspecified atom stereocenters. The van der Waals surface area contributed by atoms with Crippen molar-refractivity contribution in [2.45, 2.75) is 0 Å². The predicted octanol–water partition coefficient (Wildman–Crippen LogP) is 2.47. The summed E-state index contributed by atoms with van der Waals surface area (Å²) < 4.78 is 4.55. The number of rotatable bonds is 3. The van der Waals surface area contributed by atoms with E-state index < -0.39 is 5.97 Å². The van der Waals surface area contributed by atoms with Crippen LogP contribution in [0, 0.1) is 22.7 Å². The van der Waals surface area contributed by atoms with E-state index in [0.717, 1.165) is 0 Å². The minimum atomic E-state index is -0.492. The molecule has 0 spiro atoms. The van der Waals surface area contributed by atoms with Gasteiger partial charge in [0.05, 0.1) is 23.4 Å². The lowest BCUT2D eigenvalue weighted by atomic mass is 10.2. The molecule has 1 rings (SSSR count). The van der Waals surface area contributed by atoms with Crippen LogP contribution in [0.3, 0.4) is 0 Å². The van der Waals surface area contributed by atoms with Gasteiger partial charge in [-0.15, -0.1) is 0 Å². The number of ether oxygens (including phenoxy) is 1. The second-order valence-electron chi connectivity index (χ2n) is 3.11. The standard InChI is InChI=1S/C12H8ClN3O2/c1-18-12(17)9-2-3-11(10(13)4-9)16-7-8(5-14)6-15/h2-4,7,16H,1H3. The maximum absolute atomic E-state index is 11.2. The molecule has 1 aromatic rings. The lowest BCUT2D eigenvalue weighted by molar-refractivity contribution is 0.0601. The number of esters is 1. The molecule has 0 heterocycles. The van der Waals surface area contributed by atoms with Gasteiger partial charge in [0.25, 0.3) is 0 Å². The average Bonchev–Trinajstić information content (AvgIpc) is 2.40. The first-order valence-corrected chi connectivity index (χ1v) is 5.15. The number of carbonyl (C=O) groups excluding carboxylic acids is 1. The van der Waals surface area contributed by atoms with E-state index >= 15 is 0 Å². The van der Waals surface area contributed by atoms with Gasteiger partial charge in [0.2, 0.25) is 0 Å². The highest BCUT2D eigenvalue weighted by atomic mass is 35.5. The molecule has 0 atom stereocenters. The van der Waals surface area contributed by atoms with Crippen molar-refractivity contribution in [1.29, 1.82) is 10.5 Å². The molecule has 1 aromatic carbocycles. The summed E-state index contributed by atoms with van der Waals surface area (Å²) in [4.78, 5) is 11.2. The van der Waals surface area contributed by atoms with Gasteiger partial charge in [-0.05, 0) is 18.2 Å². The smallest absolute Gasteiger partial charge is 0.337 e. The van der Waals surface area contributed by atoms with Crippen LogP contribution >= 0.6 is 11.6 Å². The molecule has 0 bridgehead atoms. The van der Waals surface area contributed by atoms with Crippen molar-refractivity contribution >= 4 is 23.3 Å². The molecular weight excluding hydrogens is 254 g/mol. The molecule has 5 nitrogen and oxygen atoms in total. The summed E-state index contributed by atoms with van der Waals surface area (Å²) in [5, 5.41) is 20.1. The van der Waals surface area contributed by atoms with Crippen LogP contribution in [0.5, 0.6) is 0 Å². The van der Waals surface area contributed by atoms with E-state index in [0.29, 0.717) is 11.3 Å². The monoisotopic (exact) mass is 261 g/mol. The van der Waals surface area contributed by atoms with E-state index in [1.54, 1.807) is 18.2 Å². The Kier molecular flexibility index (Phi) is 4.74. The van der Waals surface area contributed by atoms with E-state index in [1.807, 2.05) is 0 Å². The normalized spacial score (nSPS) is 8.67. The molecule has 1 N–H and O–H groups in total. The Hall–Kier alpha value is -2.50. The van der Waals surface area contributed by atoms with Crippen LogP contribution in [-0.4, -0.2) is 13.1 Å². The first-order valence-electron chi connectivity index (χ1n) is 4.77. The Morgan fingerprint density at radius 2 is 2.11 bits per heavy atom. The van der Waals surface area contributed by atoms with Crippen LogP contribution in [0.4, 0.5) is 5.69 Å². The fourth-order valence-electron chi connectivity index (χ4n) is 1.12. The fraction of sp³-hybridized carbons (Fsp3) is 0.0833. The van der Waals surface area contributed by atoms with E-state index in [4.69, 9.17) is 22.1 Å². The number of nitriles is 2. The van der Waals surface area contributed by atoms with E-state index in [1.165, 1.54) is 25.4 Å². The summed E-state index contributed by atoms with van der Waals surface area (Å²) in [5.74, 6) is -0.492. The maximum Gasteiger partial charge on any atom is 0.337 e. The van der Waals surface area contributed by atoms with E-state index in [-0.39, 0.29) is 10.6 Å². The number of carbonyl (C=O) groups is 1. The highest BCUT2D eigenvalue weighted by Crippen LogP contribution is 2.23. The summed E-state index contributed by atoms with van der Waals surface area (Å²) >= 11 is 5.93. The summed E-state index contributed by atoms with van der Waals surface area (Å²) in [6.45, 7) is 0. The molecule has 6 heteroatoms.